The summed E-state index contributed by atoms with van der Waals surface area (Å²) in [5, 5.41) is 13.4. The van der Waals surface area contributed by atoms with Crippen molar-refractivity contribution in [1.29, 1.82) is 0 Å². The van der Waals surface area contributed by atoms with Crippen molar-refractivity contribution in [2.75, 3.05) is 6.61 Å². The summed E-state index contributed by atoms with van der Waals surface area (Å²) in [5.41, 5.74) is 0. The second-order valence-corrected chi connectivity index (χ2v) is 5.26. The Morgan fingerprint density at radius 1 is 1.05 bits per heavy atom. The molecule has 0 saturated heterocycles. The molecule has 0 aliphatic carbocycles. The smallest absolute Gasteiger partial charge is 0.142 e. The SMILES string of the molecule is OCC=C(Oc1cccc2ccccc12)c1cccs1. The molecule has 20 heavy (non-hydrogen) atoms. The summed E-state index contributed by atoms with van der Waals surface area (Å²) < 4.78 is 6.02. The number of ether oxygens (including phenoxy) is 1. The van der Waals surface area contributed by atoms with Crippen molar-refractivity contribution in [3.63, 3.8) is 0 Å². The van der Waals surface area contributed by atoms with Gasteiger partial charge in [-0.3, -0.25) is 0 Å². The standard InChI is InChI=1S/C17H14O2S/c18-11-10-16(17-9-4-12-20-17)19-15-8-3-6-13-5-1-2-7-14(13)15/h1-10,12,18H,11H2. The fourth-order valence-corrected chi connectivity index (χ4v) is 2.80. The van der Waals surface area contributed by atoms with Gasteiger partial charge < -0.3 is 9.84 Å². The van der Waals surface area contributed by atoms with Crippen LogP contribution >= 0.6 is 11.3 Å². The normalized spacial score (nSPS) is 11.8. The zero-order valence-electron chi connectivity index (χ0n) is 10.8. The van der Waals surface area contributed by atoms with Crippen molar-refractivity contribution >= 4 is 27.9 Å². The van der Waals surface area contributed by atoms with E-state index in [2.05, 4.69) is 12.1 Å². The van der Waals surface area contributed by atoms with Gasteiger partial charge in [0.25, 0.3) is 0 Å². The van der Waals surface area contributed by atoms with Gasteiger partial charge in [0.15, 0.2) is 0 Å². The molecule has 3 heteroatoms. The molecule has 1 heterocycles. The highest BCUT2D eigenvalue weighted by Crippen LogP contribution is 2.30. The van der Waals surface area contributed by atoms with Crippen LogP contribution in [-0.4, -0.2) is 11.7 Å². The monoisotopic (exact) mass is 282 g/mol. The number of benzene rings is 2. The molecular weight excluding hydrogens is 268 g/mol. The average Bonchev–Trinajstić information content (AvgIpc) is 3.01. The van der Waals surface area contributed by atoms with E-state index in [0.29, 0.717) is 5.76 Å². The first-order valence-corrected chi connectivity index (χ1v) is 7.27. The van der Waals surface area contributed by atoms with Crippen LogP contribution in [0.2, 0.25) is 0 Å². The fraction of sp³-hybridized carbons (Fsp3) is 0.0588. The lowest BCUT2D eigenvalue weighted by Gasteiger charge is -2.11. The Morgan fingerprint density at radius 3 is 2.70 bits per heavy atom. The molecule has 0 saturated carbocycles. The molecule has 3 aromatic rings. The Hall–Kier alpha value is -2.10. The van der Waals surface area contributed by atoms with Gasteiger partial charge in [0.05, 0.1) is 11.5 Å². The first-order chi connectivity index (χ1) is 9.88. The fourth-order valence-electron chi connectivity index (χ4n) is 2.10. The van der Waals surface area contributed by atoms with Crippen LogP contribution in [0, 0.1) is 0 Å². The number of fused-ring (bicyclic) bond motifs is 1. The van der Waals surface area contributed by atoms with Crippen LogP contribution in [0.5, 0.6) is 5.75 Å². The van der Waals surface area contributed by atoms with Crippen molar-refractivity contribution in [2.45, 2.75) is 0 Å². The number of rotatable bonds is 4. The number of aliphatic hydroxyl groups excluding tert-OH is 1. The first-order valence-electron chi connectivity index (χ1n) is 6.39. The molecule has 1 N–H and O–H groups in total. The van der Waals surface area contributed by atoms with Gasteiger partial charge in [0.1, 0.15) is 11.5 Å². The van der Waals surface area contributed by atoms with Crippen LogP contribution in [0.4, 0.5) is 0 Å². The van der Waals surface area contributed by atoms with Gasteiger partial charge in [-0.1, -0.05) is 42.5 Å². The summed E-state index contributed by atoms with van der Waals surface area (Å²) in [7, 11) is 0. The van der Waals surface area contributed by atoms with E-state index in [-0.39, 0.29) is 6.61 Å². The molecule has 0 bridgehead atoms. The number of hydrogen-bond acceptors (Lipinski definition) is 3. The predicted molar refractivity (Wildman–Crippen MR) is 84.0 cm³/mol. The topological polar surface area (TPSA) is 29.5 Å². The van der Waals surface area contributed by atoms with Gasteiger partial charge in [-0.25, -0.2) is 0 Å². The Kier molecular flexibility index (Phi) is 3.81. The maximum absolute atomic E-state index is 9.18. The molecule has 2 aromatic carbocycles. The molecule has 0 atom stereocenters. The molecule has 0 fully saturated rings. The minimum atomic E-state index is -0.0437. The van der Waals surface area contributed by atoms with Gasteiger partial charge in [-0.15, -0.1) is 11.3 Å². The maximum atomic E-state index is 9.18. The summed E-state index contributed by atoms with van der Waals surface area (Å²) in [6, 6.07) is 18.0. The van der Waals surface area contributed by atoms with Crippen LogP contribution in [-0.2, 0) is 0 Å². The van der Waals surface area contributed by atoms with Crippen molar-refractivity contribution in [2.24, 2.45) is 0 Å². The summed E-state index contributed by atoms with van der Waals surface area (Å²) >= 11 is 1.59. The quantitative estimate of drug-likeness (QED) is 0.722. The molecule has 0 aliphatic rings. The van der Waals surface area contributed by atoms with Gasteiger partial charge in [-0.2, -0.15) is 0 Å². The average molecular weight is 282 g/mol. The largest absolute Gasteiger partial charge is 0.455 e. The van der Waals surface area contributed by atoms with Crippen molar-refractivity contribution in [3.8, 4) is 5.75 Å². The molecule has 0 unspecified atom stereocenters. The molecule has 2 nitrogen and oxygen atoms in total. The lowest BCUT2D eigenvalue weighted by Crippen LogP contribution is -1.95. The third-order valence-electron chi connectivity index (χ3n) is 3.01. The summed E-state index contributed by atoms with van der Waals surface area (Å²) in [5.74, 6) is 1.50. The molecular formula is C17H14O2S. The van der Waals surface area contributed by atoms with E-state index >= 15 is 0 Å². The zero-order valence-corrected chi connectivity index (χ0v) is 11.6. The van der Waals surface area contributed by atoms with Gasteiger partial charge in [0.2, 0.25) is 0 Å². The van der Waals surface area contributed by atoms with E-state index in [1.165, 1.54) is 0 Å². The van der Waals surface area contributed by atoms with E-state index in [1.807, 2.05) is 47.8 Å². The Bertz CT molecular complexity index is 724. The van der Waals surface area contributed by atoms with Crippen LogP contribution in [0.25, 0.3) is 16.5 Å². The molecule has 0 amide bonds. The number of hydrogen-bond donors (Lipinski definition) is 1. The van der Waals surface area contributed by atoms with E-state index in [4.69, 9.17) is 4.74 Å². The summed E-state index contributed by atoms with van der Waals surface area (Å²) in [4.78, 5) is 1.01. The third kappa shape index (κ3) is 2.59. The van der Waals surface area contributed by atoms with Crippen LogP contribution in [0.15, 0.2) is 66.1 Å². The van der Waals surface area contributed by atoms with Gasteiger partial charge in [0, 0.05) is 5.39 Å². The van der Waals surface area contributed by atoms with E-state index in [9.17, 15) is 5.11 Å². The Balaban J connectivity index is 2.01. The molecule has 0 radical (unpaired) electrons. The lowest BCUT2D eigenvalue weighted by molar-refractivity contribution is 0.340. The summed E-state index contributed by atoms with van der Waals surface area (Å²) in [6.07, 6.45) is 1.69. The highest BCUT2D eigenvalue weighted by atomic mass is 32.1. The van der Waals surface area contributed by atoms with E-state index in [1.54, 1.807) is 17.4 Å². The molecule has 3 rings (SSSR count). The number of aliphatic hydroxyl groups is 1. The third-order valence-corrected chi connectivity index (χ3v) is 3.89. The second-order valence-electron chi connectivity index (χ2n) is 4.31. The molecule has 1 aromatic heterocycles. The molecule has 100 valence electrons. The minimum Gasteiger partial charge on any atom is -0.455 e. The summed E-state index contributed by atoms with van der Waals surface area (Å²) in [6.45, 7) is -0.0437. The highest BCUT2D eigenvalue weighted by Gasteiger charge is 2.08. The van der Waals surface area contributed by atoms with E-state index < -0.39 is 0 Å². The zero-order chi connectivity index (χ0) is 13.8. The Labute approximate surface area is 121 Å². The minimum absolute atomic E-state index is 0.0437. The van der Waals surface area contributed by atoms with Gasteiger partial charge >= 0.3 is 0 Å². The number of thiophene rings is 1. The van der Waals surface area contributed by atoms with Crippen molar-refractivity contribution in [3.05, 3.63) is 70.9 Å². The highest BCUT2D eigenvalue weighted by molar-refractivity contribution is 7.11. The van der Waals surface area contributed by atoms with Crippen molar-refractivity contribution in [1.82, 2.24) is 0 Å². The Morgan fingerprint density at radius 2 is 1.90 bits per heavy atom. The first kappa shape index (κ1) is 12.9. The van der Waals surface area contributed by atoms with Gasteiger partial charge in [-0.05, 0) is 29.0 Å². The second kappa shape index (κ2) is 5.90. The predicted octanol–water partition coefficient (Wildman–Crippen LogP) is 4.31. The lowest BCUT2D eigenvalue weighted by atomic mass is 10.1. The van der Waals surface area contributed by atoms with E-state index in [0.717, 1.165) is 21.4 Å². The molecule has 0 aliphatic heterocycles. The van der Waals surface area contributed by atoms with Crippen molar-refractivity contribution < 1.29 is 9.84 Å². The van der Waals surface area contributed by atoms with Crippen LogP contribution < -0.4 is 4.74 Å². The maximum Gasteiger partial charge on any atom is 0.142 e. The van der Waals surface area contributed by atoms with Crippen LogP contribution in [0.3, 0.4) is 0 Å². The molecule has 0 spiro atoms. The van der Waals surface area contributed by atoms with Crippen LogP contribution in [0.1, 0.15) is 4.88 Å².